The van der Waals surface area contributed by atoms with Gasteiger partial charge in [0, 0.05) is 30.6 Å². The van der Waals surface area contributed by atoms with E-state index < -0.39 is 0 Å². The molecular formula is C18H25ClN2O3. The van der Waals surface area contributed by atoms with Gasteiger partial charge in [0.2, 0.25) is 5.91 Å². The number of carbonyl (C=O) groups is 2. The first-order chi connectivity index (χ1) is 11.4. The molecule has 0 aromatic heterocycles. The first kappa shape index (κ1) is 18.6. The van der Waals surface area contributed by atoms with E-state index in [9.17, 15) is 9.59 Å². The van der Waals surface area contributed by atoms with E-state index in [-0.39, 0.29) is 24.5 Å². The van der Waals surface area contributed by atoms with E-state index in [1.165, 1.54) is 0 Å². The summed E-state index contributed by atoms with van der Waals surface area (Å²) in [5.74, 6) is 1.05. The lowest BCUT2D eigenvalue weighted by atomic mass is 10.0. The minimum atomic E-state index is -0.0306. The highest BCUT2D eigenvalue weighted by molar-refractivity contribution is 6.30. The second-order valence-electron chi connectivity index (χ2n) is 6.56. The van der Waals surface area contributed by atoms with Gasteiger partial charge in [-0.15, -0.1) is 0 Å². The van der Waals surface area contributed by atoms with Crippen molar-refractivity contribution in [2.75, 3.05) is 19.7 Å². The fraction of sp³-hybridized carbons (Fsp3) is 0.556. The number of amides is 2. The monoisotopic (exact) mass is 352 g/mol. The van der Waals surface area contributed by atoms with Crippen molar-refractivity contribution < 1.29 is 14.3 Å². The number of benzene rings is 1. The predicted molar refractivity (Wildman–Crippen MR) is 94.1 cm³/mol. The zero-order chi connectivity index (χ0) is 17.5. The number of carbonyl (C=O) groups excluding carboxylic acids is 2. The van der Waals surface area contributed by atoms with E-state index in [1.54, 1.807) is 29.2 Å². The molecule has 0 radical (unpaired) electrons. The van der Waals surface area contributed by atoms with E-state index >= 15 is 0 Å². The van der Waals surface area contributed by atoms with Crippen LogP contribution in [-0.4, -0.2) is 42.5 Å². The fourth-order valence-corrected chi connectivity index (χ4v) is 2.82. The van der Waals surface area contributed by atoms with Crippen molar-refractivity contribution in [2.24, 2.45) is 5.92 Å². The molecule has 2 rings (SSSR count). The van der Waals surface area contributed by atoms with E-state index in [0.717, 1.165) is 12.8 Å². The van der Waals surface area contributed by atoms with Crippen LogP contribution in [0.3, 0.4) is 0 Å². The van der Waals surface area contributed by atoms with E-state index in [0.29, 0.717) is 36.2 Å². The Bertz CT molecular complexity index is 552. The number of piperidine rings is 1. The van der Waals surface area contributed by atoms with Gasteiger partial charge < -0.3 is 15.0 Å². The SMILES string of the molecule is CC(C)CC(=O)NC1CCN(C(=O)COc2ccc(Cl)cc2)CC1. The highest BCUT2D eigenvalue weighted by atomic mass is 35.5. The van der Waals surface area contributed by atoms with Gasteiger partial charge in [-0.25, -0.2) is 0 Å². The molecule has 0 atom stereocenters. The van der Waals surface area contributed by atoms with Gasteiger partial charge in [0.15, 0.2) is 6.61 Å². The fourth-order valence-electron chi connectivity index (χ4n) is 2.70. The average Bonchev–Trinajstić information content (AvgIpc) is 2.54. The summed E-state index contributed by atoms with van der Waals surface area (Å²) < 4.78 is 5.49. The molecule has 0 aliphatic carbocycles. The number of hydrogen-bond donors (Lipinski definition) is 1. The van der Waals surface area contributed by atoms with Gasteiger partial charge in [-0.1, -0.05) is 25.4 Å². The van der Waals surface area contributed by atoms with Gasteiger partial charge in [-0.2, -0.15) is 0 Å². The third-order valence-electron chi connectivity index (χ3n) is 3.98. The second-order valence-corrected chi connectivity index (χ2v) is 7.00. The maximum atomic E-state index is 12.2. The van der Waals surface area contributed by atoms with Crippen LogP contribution in [0.15, 0.2) is 24.3 Å². The van der Waals surface area contributed by atoms with Crippen LogP contribution < -0.4 is 10.1 Å². The second kappa shape index (κ2) is 8.92. The summed E-state index contributed by atoms with van der Waals surface area (Å²) >= 11 is 5.81. The molecular weight excluding hydrogens is 328 g/mol. The van der Waals surface area contributed by atoms with Crippen molar-refractivity contribution in [3.63, 3.8) is 0 Å². The molecule has 1 aromatic carbocycles. The topological polar surface area (TPSA) is 58.6 Å². The quantitative estimate of drug-likeness (QED) is 0.856. The van der Waals surface area contributed by atoms with Crippen molar-refractivity contribution in [1.29, 1.82) is 0 Å². The third kappa shape index (κ3) is 6.04. The van der Waals surface area contributed by atoms with Crippen molar-refractivity contribution in [1.82, 2.24) is 10.2 Å². The third-order valence-corrected chi connectivity index (χ3v) is 4.23. The first-order valence-corrected chi connectivity index (χ1v) is 8.77. The summed E-state index contributed by atoms with van der Waals surface area (Å²) in [6.45, 7) is 5.37. The molecule has 24 heavy (non-hydrogen) atoms. The van der Waals surface area contributed by atoms with Crippen LogP contribution in [0.4, 0.5) is 0 Å². The number of nitrogens with one attached hydrogen (secondary N) is 1. The molecule has 0 unspecified atom stereocenters. The van der Waals surface area contributed by atoms with E-state index in [2.05, 4.69) is 5.32 Å². The Labute approximate surface area is 148 Å². The number of rotatable bonds is 6. The lowest BCUT2D eigenvalue weighted by molar-refractivity contribution is -0.134. The number of hydrogen-bond acceptors (Lipinski definition) is 3. The summed E-state index contributed by atoms with van der Waals surface area (Å²) in [5.41, 5.74) is 0. The molecule has 1 saturated heterocycles. The zero-order valence-electron chi connectivity index (χ0n) is 14.3. The number of halogens is 1. The molecule has 1 aliphatic rings. The summed E-state index contributed by atoms with van der Waals surface area (Å²) in [4.78, 5) is 25.8. The summed E-state index contributed by atoms with van der Waals surface area (Å²) in [5, 5.41) is 3.69. The minimum Gasteiger partial charge on any atom is -0.484 e. The molecule has 1 heterocycles. The molecule has 0 spiro atoms. The van der Waals surface area contributed by atoms with Crippen LogP contribution in [-0.2, 0) is 9.59 Å². The van der Waals surface area contributed by atoms with Gasteiger partial charge in [-0.05, 0) is 43.0 Å². The number of ether oxygens (including phenoxy) is 1. The Balaban J connectivity index is 1.70. The number of likely N-dealkylation sites (tertiary alicyclic amines) is 1. The smallest absolute Gasteiger partial charge is 0.260 e. The molecule has 0 saturated carbocycles. The summed E-state index contributed by atoms with van der Waals surface area (Å²) in [7, 11) is 0. The largest absolute Gasteiger partial charge is 0.484 e. The average molecular weight is 353 g/mol. The highest BCUT2D eigenvalue weighted by Crippen LogP contribution is 2.16. The van der Waals surface area contributed by atoms with Crippen LogP contribution in [0.2, 0.25) is 5.02 Å². The molecule has 1 N–H and O–H groups in total. The van der Waals surface area contributed by atoms with Gasteiger partial charge >= 0.3 is 0 Å². The molecule has 1 aromatic rings. The van der Waals surface area contributed by atoms with Crippen molar-refractivity contribution in [3.8, 4) is 5.75 Å². The number of nitrogens with zero attached hydrogens (tertiary/aromatic N) is 1. The van der Waals surface area contributed by atoms with Crippen LogP contribution in [0.1, 0.15) is 33.1 Å². The summed E-state index contributed by atoms with van der Waals surface area (Å²) in [6.07, 6.45) is 2.13. The van der Waals surface area contributed by atoms with E-state index in [1.807, 2.05) is 13.8 Å². The van der Waals surface area contributed by atoms with Crippen molar-refractivity contribution in [2.45, 2.75) is 39.2 Å². The van der Waals surface area contributed by atoms with Crippen LogP contribution >= 0.6 is 11.6 Å². The van der Waals surface area contributed by atoms with Gasteiger partial charge in [0.25, 0.3) is 5.91 Å². The van der Waals surface area contributed by atoms with Crippen LogP contribution in [0, 0.1) is 5.92 Å². The first-order valence-electron chi connectivity index (χ1n) is 8.39. The van der Waals surface area contributed by atoms with Gasteiger partial charge in [-0.3, -0.25) is 9.59 Å². The minimum absolute atomic E-state index is 0.0198. The van der Waals surface area contributed by atoms with Gasteiger partial charge in [0.1, 0.15) is 5.75 Å². The van der Waals surface area contributed by atoms with Gasteiger partial charge in [0.05, 0.1) is 0 Å². The summed E-state index contributed by atoms with van der Waals surface area (Å²) in [6, 6.07) is 7.11. The maximum Gasteiger partial charge on any atom is 0.260 e. The van der Waals surface area contributed by atoms with E-state index in [4.69, 9.17) is 16.3 Å². The molecule has 1 aliphatic heterocycles. The molecule has 1 fully saturated rings. The predicted octanol–water partition coefficient (Wildman–Crippen LogP) is 2.87. The molecule has 0 bridgehead atoms. The van der Waals surface area contributed by atoms with Crippen molar-refractivity contribution in [3.05, 3.63) is 29.3 Å². The molecule has 5 nitrogen and oxygen atoms in total. The Morgan fingerprint density at radius 2 is 1.88 bits per heavy atom. The molecule has 132 valence electrons. The lowest BCUT2D eigenvalue weighted by Crippen LogP contribution is -2.47. The highest BCUT2D eigenvalue weighted by Gasteiger charge is 2.24. The lowest BCUT2D eigenvalue weighted by Gasteiger charge is -2.32. The van der Waals surface area contributed by atoms with Crippen molar-refractivity contribution >= 4 is 23.4 Å². The Kier molecular flexibility index (Phi) is 6.91. The Morgan fingerprint density at radius 3 is 2.46 bits per heavy atom. The molecule has 6 heteroatoms. The Hall–Kier alpha value is -1.75. The molecule has 2 amide bonds. The zero-order valence-corrected chi connectivity index (χ0v) is 15.0. The standard InChI is InChI=1S/C18H25ClN2O3/c1-13(2)11-17(22)20-15-7-9-21(10-8-15)18(23)12-24-16-5-3-14(19)4-6-16/h3-6,13,15H,7-12H2,1-2H3,(H,20,22). The van der Waals surface area contributed by atoms with Crippen LogP contribution in [0.5, 0.6) is 5.75 Å². The van der Waals surface area contributed by atoms with Crippen LogP contribution in [0.25, 0.3) is 0 Å². The maximum absolute atomic E-state index is 12.2. The normalized spacial score (nSPS) is 15.4. The Morgan fingerprint density at radius 1 is 1.25 bits per heavy atom.